The molecule has 9 atom stereocenters. The number of carbonyl (C=O) groups excluding carboxylic acids is 3. The summed E-state index contributed by atoms with van der Waals surface area (Å²) in [5.74, 6) is -1.46. The molecule has 1 unspecified atom stereocenters. The van der Waals surface area contributed by atoms with Gasteiger partial charge in [-0.1, -0.05) is 25.5 Å². The lowest BCUT2D eigenvalue weighted by Crippen LogP contribution is -2.66. The van der Waals surface area contributed by atoms with Crippen LogP contribution in [0.25, 0.3) is 0 Å². The molecule has 0 amide bonds. The van der Waals surface area contributed by atoms with Crippen LogP contribution in [0.1, 0.15) is 52.0 Å². The van der Waals surface area contributed by atoms with Crippen molar-refractivity contribution >= 4 is 17.7 Å². The molecule has 3 aliphatic carbocycles. The largest absolute Gasteiger partial charge is 0.472 e. The number of rotatable bonds is 3. The van der Waals surface area contributed by atoms with Gasteiger partial charge in [0.2, 0.25) is 0 Å². The zero-order valence-corrected chi connectivity index (χ0v) is 20.1. The van der Waals surface area contributed by atoms with Gasteiger partial charge in [-0.3, -0.25) is 14.4 Å². The molecule has 5 aliphatic rings. The highest BCUT2D eigenvalue weighted by Gasteiger charge is 2.77. The third-order valence-corrected chi connectivity index (χ3v) is 9.91. The lowest BCUT2D eigenvalue weighted by Gasteiger charge is -2.59. The Bertz CT molecular complexity index is 1160. The van der Waals surface area contributed by atoms with Gasteiger partial charge >= 0.3 is 11.9 Å². The van der Waals surface area contributed by atoms with Crippen molar-refractivity contribution in [2.45, 2.75) is 64.8 Å². The maximum absolute atomic E-state index is 13.7. The van der Waals surface area contributed by atoms with E-state index >= 15 is 0 Å². The van der Waals surface area contributed by atoms with E-state index in [4.69, 9.17) is 18.6 Å². The number of hydrogen-bond donors (Lipinski definition) is 0. The number of methoxy groups -OCH3 is 1. The number of hydrogen-bond acceptors (Lipinski definition) is 7. The van der Waals surface area contributed by atoms with Crippen molar-refractivity contribution in [3.05, 3.63) is 47.5 Å². The van der Waals surface area contributed by atoms with Gasteiger partial charge in [0, 0.05) is 22.7 Å². The Hall–Kier alpha value is -2.67. The van der Waals surface area contributed by atoms with Gasteiger partial charge in [0.1, 0.15) is 12.2 Å². The summed E-state index contributed by atoms with van der Waals surface area (Å²) in [4.78, 5) is 39.6. The molecule has 1 aromatic heterocycles. The van der Waals surface area contributed by atoms with E-state index in [1.807, 2.05) is 19.9 Å². The van der Waals surface area contributed by atoms with Gasteiger partial charge in [-0.2, -0.15) is 0 Å². The van der Waals surface area contributed by atoms with Crippen molar-refractivity contribution in [3.63, 3.8) is 0 Å². The van der Waals surface area contributed by atoms with Gasteiger partial charge in [0.25, 0.3) is 0 Å². The number of furan rings is 1. The van der Waals surface area contributed by atoms with Crippen molar-refractivity contribution in [3.8, 4) is 0 Å². The summed E-state index contributed by atoms with van der Waals surface area (Å²) >= 11 is 0. The van der Waals surface area contributed by atoms with E-state index in [1.165, 1.54) is 18.8 Å². The maximum Gasteiger partial charge on any atom is 0.316 e. The normalized spacial score (nSPS) is 46.3. The summed E-state index contributed by atoms with van der Waals surface area (Å²) in [6, 6.07) is 1.97. The first-order chi connectivity index (χ1) is 16.1. The Morgan fingerprint density at radius 3 is 2.65 bits per heavy atom. The fourth-order valence-corrected chi connectivity index (χ4v) is 8.41. The van der Waals surface area contributed by atoms with Crippen molar-refractivity contribution < 1.29 is 33.0 Å². The molecule has 0 radical (unpaired) electrons. The molecule has 34 heavy (non-hydrogen) atoms. The van der Waals surface area contributed by atoms with E-state index in [1.54, 1.807) is 18.6 Å². The molecule has 0 N–H and O–H groups in total. The summed E-state index contributed by atoms with van der Waals surface area (Å²) in [6.07, 6.45) is 6.29. The molecule has 7 heteroatoms. The zero-order valence-electron chi connectivity index (χ0n) is 20.1. The van der Waals surface area contributed by atoms with Crippen molar-refractivity contribution in [2.24, 2.45) is 28.1 Å². The van der Waals surface area contributed by atoms with Crippen molar-refractivity contribution in [1.29, 1.82) is 0 Å². The zero-order chi connectivity index (χ0) is 24.2. The van der Waals surface area contributed by atoms with Crippen molar-refractivity contribution in [1.82, 2.24) is 0 Å². The Kier molecular flexibility index (Phi) is 4.31. The Morgan fingerprint density at radius 2 is 1.97 bits per heavy atom. The van der Waals surface area contributed by atoms with E-state index in [9.17, 15) is 14.4 Å². The highest BCUT2D eigenvalue weighted by atomic mass is 16.6. The number of allylic oxidation sites excluding steroid dienone is 2. The average molecular weight is 467 g/mol. The maximum atomic E-state index is 13.7. The van der Waals surface area contributed by atoms with Gasteiger partial charge < -0.3 is 18.6 Å². The first-order valence-electron chi connectivity index (χ1n) is 12.0. The molecule has 0 aromatic carbocycles. The fourth-order valence-electron chi connectivity index (χ4n) is 8.41. The second-order valence-electron chi connectivity index (χ2n) is 11.2. The Balaban J connectivity index is 1.58. The molecule has 180 valence electrons. The Morgan fingerprint density at radius 1 is 1.21 bits per heavy atom. The predicted octanol–water partition coefficient (Wildman–Crippen LogP) is 3.74. The van der Waals surface area contributed by atoms with Crippen LogP contribution in [0.5, 0.6) is 0 Å². The smallest absolute Gasteiger partial charge is 0.316 e. The van der Waals surface area contributed by atoms with Crippen LogP contribution < -0.4 is 0 Å². The first-order valence-corrected chi connectivity index (χ1v) is 12.0. The third kappa shape index (κ3) is 2.34. The summed E-state index contributed by atoms with van der Waals surface area (Å²) in [6.45, 7) is 7.96. The second kappa shape index (κ2) is 6.72. The molecule has 2 aliphatic heterocycles. The highest BCUT2D eigenvalue weighted by Crippen LogP contribution is 2.72. The molecule has 3 fully saturated rings. The minimum atomic E-state index is -0.987. The van der Waals surface area contributed by atoms with Crippen LogP contribution in [0.3, 0.4) is 0 Å². The molecular weight excluding hydrogens is 436 g/mol. The van der Waals surface area contributed by atoms with E-state index in [0.717, 1.165) is 17.6 Å². The van der Waals surface area contributed by atoms with Crippen LogP contribution in [0.2, 0.25) is 0 Å². The van der Waals surface area contributed by atoms with Crippen LogP contribution in [-0.2, 0) is 28.6 Å². The minimum absolute atomic E-state index is 0.0658. The first kappa shape index (κ1) is 21.8. The van der Waals surface area contributed by atoms with E-state index < -0.39 is 40.3 Å². The summed E-state index contributed by atoms with van der Waals surface area (Å²) in [7, 11) is 1.37. The topological polar surface area (TPSA) is 92.0 Å². The SMILES string of the molecule is COC(=O)C[C@H]1[C@]2(C)C3=C(C)[C@H](c4ccoc4)C[C@@H]3O[C@@H]2[C@@H]2OC(=O)[C@]3(C)C=CC(=O)[C@@]1(C)C23. The monoisotopic (exact) mass is 466 g/mol. The average Bonchev–Trinajstić information content (AvgIpc) is 3.54. The number of ketones is 1. The van der Waals surface area contributed by atoms with Gasteiger partial charge in [0.15, 0.2) is 5.78 Å². The van der Waals surface area contributed by atoms with E-state index in [2.05, 4.69) is 13.8 Å². The molecule has 0 spiro atoms. The lowest BCUT2D eigenvalue weighted by atomic mass is 9.42. The molecule has 2 saturated heterocycles. The molecule has 6 rings (SSSR count). The van der Waals surface area contributed by atoms with Crippen LogP contribution in [-0.4, -0.2) is 43.1 Å². The standard InChI is InChI=1S/C27H30O7/c1-13-15(14-7-9-32-12-14)10-16-20(13)27(4)17(11-19(29)31-5)26(3)18(28)6-8-25(2)22(26)21(23(27)33-16)34-24(25)30/h6-9,12,15-17,21-23H,10-11H2,1-5H3/t15-,16+,17-,21-,22?,23-,25-,26+,27-/m1/s1. The Labute approximate surface area is 198 Å². The van der Waals surface area contributed by atoms with Gasteiger partial charge in [-0.15, -0.1) is 0 Å². The molecule has 1 aromatic rings. The van der Waals surface area contributed by atoms with Crippen LogP contribution in [0, 0.1) is 28.1 Å². The van der Waals surface area contributed by atoms with Crippen LogP contribution in [0.15, 0.2) is 46.3 Å². The van der Waals surface area contributed by atoms with Crippen molar-refractivity contribution in [2.75, 3.05) is 7.11 Å². The minimum Gasteiger partial charge on any atom is -0.472 e. The quantitative estimate of drug-likeness (QED) is 0.495. The lowest BCUT2D eigenvalue weighted by molar-refractivity contribution is -0.190. The molecule has 7 nitrogen and oxygen atoms in total. The molecular formula is C27H30O7. The molecule has 1 saturated carbocycles. The van der Waals surface area contributed by atoms with Crippen LogP contribution in [0.4, 0.5) is 0 Å². The number of ether oxygens (including phenoxy) is 3. The third-order valence-electron chi connectivity index (χ3n) is 9.91. The van der Waals surface area contributed by atoms with Gasteiger partial charge in [-0.25, -0.2) is 0 Å². The molecule has 3 heterocycles. The highest BCUT2D eigenvalue weighted by molar-refractivity contribution is 6.00. The second-order valence-corrected chi connectivity index (χ2v) is 11.2. The molecule has 0 bridgehead atoms. The fraction of sp³-hybridized carbons (Fsp3) is 0.593. The summed E-state index contributed by atoms with van der Waals surface area (Å²) in [5.41, 5.74) is 0.794. The van der Waals surface area contributed by atoms with Gasteiger partial charge in [0.05, 0.1) is 37.6 Å². The van der Waals surface area contributed by atoms with E-state index in [-0.39, 0.29) is 36.2 Å². The summed E-state index contributed by atoms with van der Waals surface area (Å²) < 4.78 is 23.2. The van der Waals surface area contributed by atoms with Crippen LogP contribution >= 0.6 is 0 Å². The summed E-state index contributed by atoms with van der Waals surface area (Å²) in [5, 5.41) is 0. The number of carbonyl (C=O) groups is 3. The number of esters is 2. The van der Waals surface area contributed by atoms with Gasteiger partial charge in [-0.05, 0) is 49.5 Å². The number of fused-ring (bicyclic) bond motifs is 4. The van der Waals surface area contributed by atoms with E-state index in [0.29, 0.717) is 0 Å². The predicted molar refractivity (Wildman–Crippen MR) is 119 cm³/mol.